The predicted octanol–water partition coefficient (Wildman–Crippen LogP) is 7.46. The van der Waals surface area contributed by atoms with Crippen LogP contribution in [-0.4, -0.2) is 22.4 Å². The van der Waals surface area contributed by atoms with Crippen molar-refractivity contribution in [3.8, 4) is 5.69 Å². The Balaban J connectivity index is 1.30. The number of hydrogen-bond acceptors (Lipinski definition) is 3. The molecule has 2 unspecified atom stereocenters. The molecule has 0 saturated carbocycles. The van der Waals surface area contributed by atoms with E-state index in [0.717, 1.165) is 17.1 Å². The Bertz CT molecular complexity index is 1700. The first-order valence-corrected chi connectivity index (χ1v) is 13.0. The molecule has 1 aliphatic heterocycles. The van der Waals surface area contributed by atoms with Gasteiger partial charge in [-0.05, 0) is 42.4 Å². The summed E-state index contributed by atoms with van der Waals surface area (Å²) in [6.07, 6.45) is -0.116. The largest absolute Gasteiger partial charge is 0.350 e. The highest BCUT2D eigenvalue weighted by molar-refractivity contribution is 6.09. The van der Waals surface area contributed by atoms with E-state index < -0.39 is 0 Å². The van der Waals surface area contributed by atoms with E-state index >= 15 is 0 Å². The normalized spacial score (nSPS) is 17.9. The van der Waals surface area contributed by atoms with Gasteiger partial charge < -0.3 is 9.88 Å². The average molecular weight is 493 g/mol. The number of para-hydroxylation sites is 2. The van der Waals surface area contributed by atoms with Crippen LogP contribution in [0.3, 0.4) is 0 Å². The zero-order chi connectivity index (χ0) is 25.5. The molecule has 0 radical (unpaired) electrons. The van der Waals surface area contributed by atoms with E-state index in [1.165, 1.54) is 32.9 Å². The monoisotopic (exact) mass is 492 g/mol. The quantitative estimate of drug-likeness (QED) is 0.277. The van der Waals surface area contributed by atoms with E-state index in [4.69, 9.17) is 4.99 Å². The van der Waals surface area contributed by atoms with Gasteiger partial charge in [0, 0.05) is 22.0 Å². The number of rotatable bonds is 4. The Morgan fingerprint density at radius 3 is 1.76 bits per heavy atom. The van der Waals surface area contributed by atoms with Crippen molar-refractivity contribution in [2.75, 3.05) is 7.05 Å². The minimum atomic E-state index is -0.0883. The molecule has 0 fully saturated rings. The van der Waals surface area contributed by atoms with Crippen LogP contribution in [0.25, 0.3) is 27.5 Å². The molecule has 0 bridgehead atoms. The number of amidine groups is 1. The maximum atomic E-state index is 5.13. The molecule has 1 aromatic heterocycles. The van der Waals surface area contributed by atoms with Crippen molar-refractivity contribution in [1.82, 2.24) is 14.8 Å². The zero-order valence-corrected chi connectivity index (χ0v) is 21.2. The number of benzene rings is 5. The number of nitrogens with zero attached hydrogens (tertiary/aromatic N) is 3. The molecule has 1 N–H and O–H groups in total. The van der Waals surface area contributed by atoms with Gasteiger partial charge in [0.05, 0.1) is 11.0 Å². The maximum absolute atomic E-state index is 5.13. The summed E-state index contributed by atoms with van der Waals surface area (Å²) in [7, 11) is 2.14. The lowest BCUT2D eigenvalue weighted by Gasteiger charge is -2.39. The summed E-state index contributed by atoms with van der Waals surface area (Å²) in [5, 5.41) is 6.26. The van der Waals surface area contributed by atoms with Gasteiger partial charge in [-0.15, -0.1) is 0 Å². The van der Waals surface area contributed by atoms with Gasteiger partial charge in [-0.3, -0.25) is 4.90 Å². The van der Waals surface area contributed by atoms with Gasteiger partial charge in [0.2, 0.25) is 0 Å². The van der Waals surface area contributed by atoms with Crippen LogP contribution in [0.1, 0.15) is 29.0 Å². The van der Waals surface area contributed by atoms with Gasteiger partial charge >= 0.3 is 0 Å². The van der Waals surface area contributed by atoms with Crippen molar-refractivity contribution in [2.24, 2.45) is 4.99 Å². The fourth-order valence-corrected chi connectivity index (χ4v) is 5.64. The maximum Gasteiger partial charge on any atom is 0.132 e. The van der Waals surface area contributed by atoms with Crippen LogP contribution >= 0.6 is 0 Å². The van der Waals surface area contributed by atoms with Crippen molar-refractivity contribution >= 4 is 27.6 Å². The van der Waals surface area contributed by atoms with E-state index in [-0.39, 0.29) is 12.3 Å². The van der Waals surface area contributed by atoms with Crippen molar-refractivity contribution in [1.29, 1.82) is 0 Å². The van der Waals surface area contributed by atoms with Gasteiger partial charge in [0.15, 0.2) is 0 Å². The van der Waals surface area contributed by atoms with Gasteiger partial charge in [0.1, 0.15) is 18.2 Å². The topological polar surface area (TPSA) is 32.6 Å². The summed E-state index contributed by atoms with van der Waals surface area (Å²) in [5.74, 6) is 0.911. The minimum absolute atomic E-state index is 0.0277. The van der Waals surface area contributed by atoms with Gasteiger partial charge in [0.25, 0.3) is 0 Å². The van der Waals surface area contributed by atoms with Crippen LogP contribution in [0, 0.1) is 0 Å². The molecule has 6 aromatic rings. The van der Waals surface area contributed by atoms with E-state index in [9.17, 15) is 0 Å². The zero-order valence-electron chi connectivity index (χ0n) is 21.2. The molecule has 0 amide bonds. The van der Waals surface area contributed by atoms with E-state index in [1.54, 1.807) is 0 Å². The average Bonchev–Trinajstić information content (AvgIpc) is 3.33. The van der Waals surface area contributed by atoms with Crippen molar-refractivity contribution in [3.63, 3.8) is 0 Å². The third-order valence-corrected chi connectivity index (χ3v) is 7.51. The van der Waals surface area contributed by atoms with E-state index in [2.05, 4.69) is 149 Å². The molecule has 38 heavy (non-hydrogen) atoms. The summed E-state index contributed by atoms with van der Waals surface area (Å²) in [4.78, 5) is 7.44. The van der Waals surface area contributed by atoms with Crippen LogP contribution < -0.4 is 5.32 Å². The molecule has 0 aliphatic carbocycles. The third kappa shape index (κ3) is 3.78. The van der Waals surface area contributed by atoms with Gasteiger partial charge in [-0.1, -0.05) is 109 Å². The van der Waals surface area contributed by atoms with Gasteiger partial charge in [-0.25, -0.2) is 4.99 Å². The molecule has 0 spiro atoms. The summed E-state index contributed by atoms with van der Waals surface area (Å²) in [6, 6.07) is 47.1. The Morgan fingerprint density at radius 2 is 1.13 bits per heavy atom. The van der Waals surface area contributed by atoms with E-state index in [0.29, 0.717) is 0 Å². The van der Waals surface area contributed by atoms with Crippen LogP contribution in [0.4, 0.5) is 0 Å². The first-order valence-electron chi connectivity index (χ1n) is 13.0. The molecule has 1 aliphatic rings. The molecule has 7 rings (SSSR count). The van der Waals surface area contributed by atoms with Crippen molar-refractivity contribution in [3.05, 3.63) is 150 Å². The molecule has 5 aromatic carbocycles. The van der Waals surface area contributed by atoms with E-state index in [1.807, 2.05) is 6.07 Å². The number of nitrogens with one attached hydrogen (secondary N) is 1. The predicted molar refractivity (Wildman–Crippen MR) is 157 cm³/mol. The van der Waals surface area contributed by atoms with Crippen LogP contribution in [0.15, 0.2) is 138 Å². The Kier molecular flexibility index (Phi) is 5.53. The van der Waals surface area contributed by atoms with Crippen LogP contribution in [0.5, 0.6) is 0 Å². The summed E-state index contributed by atoms with van der Waals surface area (Å²) < 4.78 is 2.36. The van der Waals surface area contributed by atoms with Gasteiger partial charge in [-0.2, -0.15) is 0 Å². The SMILES string of the molecule is CN1C(c2ccccc2)N=C(c2ccccc2)NC1c1ccc(-n2c3ccccc3c3ccccc32)cc1. The fraction of sp³-hybridized carbons (Fsp3) is 0.0882. The molecule has 184 valence electrons. The van der Waals surface area contributed by atoms with Crippen LogP contribution in [0.2, 0.25) is 0 Å². The number of fused-ring (bicyclic) bond motifs is 3. The summed E-state index contributed by atoms with van der Waals surface area (Å²) in [6.45, 7) is 0. The lowest BCUT2D eigenvalue weighted by Crippen LogP contribution is -2.45. The molecule has 4 heteroatoms. The highest BCUT2D eigenvalue weighted by Crippen LogP contribution is 2.35. The third-order valence-electron chi connectivity index (χ3n) is 7.51. The van der Waals surface area contributed by atoms with Crippen molar-refractivity contribution < 1.29 is 0 Å². The number of aliphatic imine (C=N–C) groups is 1. The molecular formula is C34H28N4. The lowest BCUT2D eigenvalue weighted by molar-refractivity contribution is 0.152. The molecule has 0 saturated heterocycles. The Labute approximate surface area is 222 Å². The Hall–Kier alpha value is -4.67. The minimum Gasteiger partial charge on any atom is -0.350 e. The molecule has 2 heterocycles. The standard InChI is InChI=1S/C34H28N4/c1-37-33(25-14-6-3-7-15-25)35-32(24-12-4-2-5-13-24)36-34(37)26-20-22-27(23-21-26)38-30-18-10-8-16-28(30)29-17-9-11-19-31(29)38/h2-23,33-34H,1H3,(H,35,36). The van der Waals surface area contributed by atoms with Crippen LogP contribution in [-0.2, 0) is 0 Å². The summed E-state index contributed by atoms with van der Waals surface area (Å²) in [5.41, 5.74) is 7.06. The highest BCUT2D eigenvalue weighted by atomic mass is 15.4. The first-order chi connectivity index (χ1) is 18.8. The molecular weight excluding hydrogens is 464 g/mol. The first kappa shape index (κ1) is 22.5. The second-order valence-electron chi connectivity index (χ2n) is 9.80. The number of hydrogen-bond donors (Lipinski definition) is 1. The smallest absolute Gasteiger partial charge is 0.132 e. The lowest BCUT2D eigenvalue weighted by atomic mass is 10.0. The second-order valence-corrected chi connectivity index (χ2v) is 9.80. The molecule has 4 nitrogen and oxygen atoms in total. The van der Waals surface area contributed by atoms with Crippen molar-refractivity contribution in [2.45, 2.75) is 12.3 Å². The second kappa shape index (κ2) is 9.33. The summed E-state index contributed by atoms with van der Waals surface area (Å²) >= 11 is 0. The fourth-order valence-electron chi connectivity index (χ4n) is 5.64. The Morgan fingerprint density at radius 1 is 0.579 bits per heavy atom. The molecule has 2 atom stereocenters. The number of aromatic nitrogens is 1. The highest BCUT2D eigenvalue weighted by Gasteiger charge is 2.31.